The van der Waals surface area contributed by atoms with Crippen molar-refractivity contribution in [2.45, 2.75) is 31.0 Å². The van der Waals surface area contributed by atoms with Crippen molar-refractivity contribution in [1.29, 1.82) is 0 Å². The van der Waals surface area contributed by atoms with Gasteiger partial charge in [0.2, 0.25) is 0 Å². The summed E-state index contributed by atoms with van der Waals surface area (Å²) in [5.41, 5.74) is -2.90. The Morgan fingerprint density at radius 3 is 2.60 bits per heavy atom. The molecule has 0 saturated heterocycles. The summed E-state index contributed by atoms with van der Waals surface area (Å²) in [6, 6.07) is 8.65. The van der Waals surface area contributed by atoms with E-state index in [0.717, 1.165) is 19.3 Å². The molecule has 6 atom stereocenters. The highest BCUT2D eigenvalue weighted by Crippen LogP contribution is 2.87. The topological polar surface area (TPSA) is 38.3 Å². The number of carbonyl (C=O) groups excluding carboxylic acids is 1. The smallest absolute Gasteiger partial charge is 0.412 e. The first kappa shape index (κ1) is 15.3. The van der Waals surface area contributed by atoms with Gasteiger partial charge in [0, 0.05) is 17.5 Å². The van der Waals surface area contributed by atoms with Gasteiger partial charge in [-0.25, -0.2) is 4.79 Å². The number of ether oxygens (including phenoxy) is 1. The van der Waals surface area contributed by atoms with Gasteiger partial charge < -0.3 is 4.74 Å². The third kappa shape index (κ3) is 1.66. The Balaban J connectivity index is 1.46. The largest absolute Gasteiger partial charge is 0.440 e. The van der Waals surface area contributed by atoms with Crippen LogP contribution in [0.15, 0.2) is 42.5 Å². The highest BCUT2D eigenvalue weighted by molar-refractivity contribution is 5.85. The molecule has 1 aromatic carbocycles. The first-order chi connectivity index (χ1) is 11.9. The second kappa shape index (κ2) is 4.59. The number of carbonyl (C=O) groups is 1. The zero-order valence-electron chi connectivity index (χ0n) is 13.4. The summed E-state index contributed by atoms with van der Waals surface area (Å²) in [6.07, 6.45) is 0.453. The maximum absolute atomic E-state index is 14.0. The van der Waals surface area contributed by atoms with Gasteiger partial charge in [-0.1, -0.05) is 36.8 Å². The molecule has 0 bridgehead atoms. The maximum atomic E-state index is 14.0. The number of amides is 1. The average molecular weight is 349 g/mol. The number of nitrogens with one attached hydrogen (secondary N) is 1. The lowest BCUT2D eigenvalue weighted by molar-refractivity contribution is -0.197. The molecule has 0 spiro atoms. The van der Waals surface area contributed by atoms with E-state index in [4.69, 9.17) is 4.74 Å². The lowest BCUT2D eigenvalue weighted by Crippen LogP contribution is -2.40. The molecule has 4 aliphatic rings. The highest BCUT2D eigenvalue weighted by atomic mass is 19.4. The van der Waals surface area contributed by atoms with Crippen LogP contribution in [-0.2, 0) is 4.74 Å². The van der Waals surface area contributed by atoms with E-state index in [1.807, 2.05) is 0 Å². The molecule has 3 fully saturated rings. The van der Waals surface area contributed by atoms with E-state index in [1.165, 1.54) is 6.08 Å². The summed E-state index contributed by atoms with van der Waals surface area (Å²) in [5.74, 6) is -0.716. The van der Waals surface area contributed by atoms with Crippen LogP contribution in [0.1, 0.15) is 19.3 Å². The SMILES string of the molecule is O=C(Nc1ccccc1)O[C@@]12C3C=CC1(C(F)(F)F)C2[C@@H]1CCC[C@H]31. The van der Waals surface area contributed by atoms with E-state index in [2.05, 4.69) is 5.32 Å². The van der Waals surface area contributed by atoms with Gasteiger partial charge in [0.1, 0.15) is 11.0 Å². The van der Waals surface area contributed by atoms with Crippen LogP contribution < -0.4 is 5.32 Å². The Morgan fingerprint density at radius 2 is 1.88 bits per heavy atom. The van der Waals surface area contributed by atoms with Gasteiger partial charge in [0.25, 0.3) is 0 Å². The minimum absolute atomic E-state index is 0.00569. The van der Waals surface area contributed by atoms with Crippen LogP contribution in [0, 0.1) is 29.1 Å². The summed E-state index contributed by atoms with van der Waals surface area (Å²) in [4.78, 5) is 12.4. The van der Waals surface area contributed by atoms with Gasteiger partial charge in [-0.15, -0.1) is 0 Å². The molecule has 0 aliphatic heterocycles. The van der Waals surface area contributed by atoms with Gasteiger partial charge >= 0.3 is 12.3 Å². The molecule has 3 nitrogen and oxygen atoms in total. The molecule has 3 unspecified atom stereocenters. The fourth-order valence-electron chi connectivity index (χ4n) is 6.16. The lowest BCUT2D eigenvalue weighted by Gasteiger charge is -2.29. The Morgan fingerprint density at radius 1 is 1.16 bits per heavy atom. The Labute approximate surface area is 143 Å². The first-order valence-electron chi connectivity index (χ1n) is 8.73. The molecule has 0 aromatic heterocycles. The molecule has 3 saturated carbocycles. The molecule has 1 aromatic rings. The molecule has 1 N–H and O–H groups in total. The van der Waals surface area contributed by atoms with Crippen molar-refractivity contribution in [2.75, 3.05) is 5.32 Å². The number of hydrogen-bond donors (Lipinski definition) is 1. The van der Waals surface area contributed by atoms with E-state index in [0.29, 0.717) is 5.69 Å². The number of halogens is 3. The molecule has 6 heteroatoms. The zero-order valence-corrected chi connectivity index (χ0v) is 13.4. The summed E-state index contributed by atoms with van der Waals surface area (Å²) in [5, 5.41) is 2.57. The third-order valence-electron chi connectivity index (χ3n) is 6.84. The van der Waals surface area contributed by atoms with Gasteiger partial charge in [-0.3, -0.25) is 5.32 Å². The summed E-state index contributed by atoms with van der Waals surface area (Å²) >= 11 is 0. The monoisotopic (exact) mass is 349 g/mol. The van der Waals surface area contributed by atoms with Crippen LogP contribution in [-0.4, -0.2) is 17.9 Å². The van der Waals surface area contributed by atoms with Crippen molar-refractivity contribution in [2.24, 2.45) is 29.1 Å². The number of anilines is 1. The Hall–Kier alpha value is -1.98. The fraction of sp³-hybridized carbons (Fsp3) is 0.526. The summed E-state index contributed by atoms with van der Waals surface area (Å²) in [6.45, 7) is 0. The minimum atomic E-state index is -4.40. The fourth-order valence-corrected chi connectivity index (χ4v) is 6.16. The van der Waals surface area contributed by atoms with Crippen LogP contribution in [0.25, 0.3) is 0 Å². The van der Waals surface area contributed by atoms with Gasteiger partial charge in [0.15, 0.2) is 0 Å². The third-order valence-corrected chi connectivity index (χ3v) is 6.84. The first-order valence-corrected chi connectivity index (χ1v) is 8.73. The quantitative estimate of drug-likeness (QED) is 0.781. The molecule has 5 rings (SSSR count). The standard InChI is InChI=1S/C19H18F3NO2/c20-19(21,22)17-10-9-14-12-7-4-8-13(12)15(17)18(14,17)25-16(24)23-11-5-2-1-3-6-11/h1-3,5-6,9-10,12-15H,4,7-8H2,(H,23,24)/t12-,13+,14?,15?,17?,18+/m0/s1. The molecule has 0 radical (unpaired) electrons. The van der Waals surface area contributed by atoms with Crippen molar-refractivity contribution in [3.05, 3.63) is 42.5 Å². The summed E-state index contributed by atoms with van der Waals surface area (Å²) in [7, 11) is 0. The van der Waals surface area contributed by atoms with Crippen molar-refractivity contribution in [3.63, 3.8) is 0 Å². The van der Waals surface area contributed by atoms with Gasteiger partial charge in [-0.2, -0.15) is 13.2 Å². The zero-order chi connectivity index (χ0) is 17.4. The van der Waals surface area contributed by atoms with E-state index >= 15 is 0 Å². The van der Waals surface area contributed by atoms with E-state index in [1.54, 1.807) is 36.4 Å². The minimum Gasteiger partial charge on any atom is -0.440 e. The van der Waals surface area contributed by atoms with Gasteiger partial charge in [-0.05, 0) is 36.8 Å². The van der Waals surface area contributed by atoms with E-state index in [-0.39, 0.29) is 17.8 Å². The average Bonchev–Trinajstić information content (AvgIpc) is 2.85. The van der Waals surface area contributed by atoms with Crippen molar-refractivity contribution in [1.82, 2.24) is 0 Å². The highest BCUT2D eigenvalue weighted by Gasteiger charge is 2.97. The summed E-state index contributed by atoms with van der Waals surface area (Å²) < 4.78 is 47.5. The van der Waals surface area contributed by atoms with Crippen LogP contribution >= 0.6 is 0 Å². The molecular formula is C19H18F3NO2. The van der Waals surface area contributed by atoms with Crippen LogP contribution in [0.3, 0.4) is 0 Å². The van der Waals surface area contributed by atoms with Crippen LogP contribution in [0.2, 0.25) is 0 Å². The number of alkyl halides is 3. The Kier molecular flexibility index (Phi) is 2.81. The predicted molar refractivity (Wildman–Crippen MR) is 84.7 cm³/mol. The lowest BCUT2D eigenvalue weighted by atomic mass is 9.82. The van der Waals surface area contributed by atoms with Crippen molar-refractivity contribution >= 4 is 11.8 Å². The van der Waals surface area contributed by atoms with Crippen LogP contribution in [0.5, 0.6) is 0 Å². The van der Waals surface area contributed by atoms with Crippen LogP contribution in [0.4, 0.5) is 23.7 Å². The Bertz CT molecular complexity index is 762. The molecule has 4 aliphatic carbocycles. The normalized spacial score (nSPS) is 42.8. The second-order valence-electron chi connectivity index (χ2n) is 7.66. The number of para-hydroxylation sites is 1. The molecule has 132 valence electrons. The molecular weight excluding hydrogens is 331 g/mol. The molecule has 1 amide bonds. The second-order valence-corrected chi connectivity index (χ2v) is 7.66. The van der Waals surface area contributed by atoms with E-state index in [9.17, 15) is 18.0 Å². The van der Waals surface area contributed by atoms with E-state index < -0.39 is 29.2 Å². The molecule has 0 heterocycles. The number of benzene rings is 1. The van der Waals surface area contributed by atoms with Crippen molar-refractivity contribution < 1.29 is 22.7 Å². The number of rotatable bonds is 2. The predicted octanol–water partition coefficient (Wildman–Crippen LogP) is 4.77. The molecule has 25 heavy (non-hydrogen) atoms. The van der Waals surface area contributed by atoms with Crippen molar-refractivity contribution in [3.8, 4) is 0 Å². The number of fused-ring (bicyclic) bond motifs is 4. The van der Waals surface area contributed by atoms with Gasteiger partial charge in [0.05, 0.1) is 0 Å². The number of hydrogen-bond acceptors (Lipinski definition) is 2. The maximum Gasteiger partial charge on any atom is 0.412 e.